The van der Waals surface area contributed by atoms with Gasteiger partial charge in [0.1, 0.15) is 10.8 Å². The Hall–Kier alpha value is -2.75. The molecule has 182 valence electrons. The SMILES string of the molecule is Cc1cc(CO)c(F)c(-c2c(Cc3c(C)n[nH]c3C)sc3c2C(=O)N(C)C(O)N3CC(C)C)c1. The molecular formula is C25H31FN4O3S. The highest BCUT2D eigenvalue weighted by atomic mass is 32.1. The normalized spacial score (nSPS) is 16.1. The molecule has 2 aromatic heterocycles. The van der Waals surface area contributed by atoms with Crippen LogP contribution >= 0.6 is 11.3 Å². The molecule has 0 fully saturated rings. The Morgan fingerprint density at radius 2 is 1.94 bits per heavy atom. The number of nitrogens with zero attached hydrogens (tertiary/aromatic N) is 3. The predicted molar refractivity (Wildman–Crippen MR) is 132 cm³/mol. The maximum absolute atomic E-state index is 15.6. The summed E-state index contributed by atoms with van der Waals surface area (Å²) in [7, 11) is 1.56. The van der Waals surface area contributed by atoms with Gasteiger partial charge in [-0.25, -0.2) is 4.39 Å². The number of fused-ring (bicyclic) bond motifs is 1. The van der Waals surface area contributed by atoms with Crippen LogP contribution in [0.4, 0.5) is 9.39 Å². The number of aromatic nitrogens is 2. The molecule has 3 N–H and O–H groups in total. The van der Waals surface area contributed by atoms with E-state index in [1.807, 2.05) is 39.5 Å². The van der Waals surface area contributed by atoms with Gasteiger partial charge >= 0.3 is 0 Å². The number of aliphatic hydroxyl groups is 2. The summed E-state index contributed by atoms with van der Waals surface area (Å²) < 4.78 is 15.6. The zero-order valence-corrected chi connectivity index (χ0v) is 21.2. The van der Waals surface area contributed by atoms with Crippen LogP contribution in [-0.2, 0) is 13.0 Å². The summed E-state index contributed by atoms with van der Waals surface area (Å²) >= 11 is 1.41. The van der Waals surface area contributed by atoms with Crippen molar-refractivity contribution in [3.8, 4) is 11.1 Å². The van der Waals surface area contributed by atoms with E-state index in [1.165, 1.54) is 16.2 Å². The Labute approximate surface area is 202 Å². The number of aliphatic hydroxyl groups excluding tert-OH is 2. The van der Waals surface area contributed by atoms with Crippen molar-refractivity contribution < 1.29 is 19.4 Å². The van der Waals surface area contributed by atoms with E-state index in [0.717, 1.165) is 27.4 Å². The van der Waals surface area contributed by atoms with E-state index in [0.29, 0.717) is 29.1 Å². The van der Waals surface area contributed by atoms with Crippen LogP contribution in [0, 0.1) is 32.5 Å². The minimum Gasteiger partial charge on any atom is -0.392 e. The van der Waals surface area contributed by atoms with Crippen LogP contribution in [0.2, 0.25) is 0 Å². The second-order valence-corrected chi connectivity index (χ2v) is 10.5. The van der Waals surface area contributed by atoms with E-state index in [-0.39, 0.29) is 23.0 Å². The maximum atomic E-state index is 15.6. The van der Waals surface area contributed by atoms with Crippen molar-refractivity contribution >= 4 is 22.2 Å². The number of H-pyrrole nitrogens is 1. The molecule has 1 aliphatic rings. The smallest absolute Gasteiger partial charge is 0.260 e. The van der Waals surface area contributed by atoms with Crippen LogP contribution in [0.25, 0.3) is 11.1 Å². The molecule has 0 radical (unpaired) electrons. The third-order valence-corrected chi connectivity index (χ3v) is 7.52. The average molecular weight is 487 g/mol. The second-order valence-electron chi connectivity index (χ2n) is 9.42. The lowest BCUT2D eigenvalue weighted by atomic mass is 9.93. The minimum atomic E-state index is -1.10. The monoisotopic (exact) mass is 486 g/mol. The lowest BCUT2D eigenvalue weighted by Gasteiger charge is -2.40. The van der Waals surface area contributed by atoms with Crippen LogP contribution in [-0.4, -0.2) is 51.2 Å². The molecule has 0 bridgehead atoms. The summed E-state index contributed by atoms with van der Waals surface area (Å²) in [5, 5.41) is 28.6. The summed E-state index contributed by atoms with van der Waals surface area (Å²) in [5.41, 5.74) is 4.93. The van der Waals surface area contributed by atoms with Crippen molar-refractivity contribution in [2.24, 2.45) is 5.92 Å². The summed E-state index contributed by atoms with van der Waals surface area (Å²) in [5.74, 6) is -0.659. The van der Waals surface area contributed by atoms with E-state index < -0.39 is 18.8 Å². The number of anilines is 1. The first kappa shape index (κ1) is 24.4. The van der Waals surface area contributed by atoms with Crippen molar-refractivity contribution in [1.82, 2.24) is 15.1 Å². The first-order valence-corrected chi connectivity index (χ1v) is 12.1. The molecule has 0 spiro atoms. The average Bonchev–Trinajstić information content (AvgIpc) is 3.31. The van der Waals surface area contributed by atoms with Crippen molar-refractivity contribution in [1.29, 1.82) is 0 Å². The summed E-state index contributed by atoms with van der Waals surface area (Å²) in [4.78, 5) is 17.4. The Kier molecular flexibility index (Phi) is 6.54. The highest BCUT2D eigenvalue weighted by Gasteiger charge is 2.40. The summed E-state index contributed by atoms with van der Waals surface area (Å²) in [6.45, 7) is 9.88. The molecule has 1 amide bonds. The van der Waals surface area contributed by atoms with Crippen molar-refractivity contribution in [3.63, 3.8) is 0 Å². The van der Waals surface area contributed by atoms with Gasteiger partial charge in [0.25, 0.3) is 5.91 Å². The van der Waals surface area contributed by atoms with Gasteiger partial charge < -0.3 is 15.1 Å². The number of nitrogens with one attached hydrogen (secondary N) is 1. The molecule has 1 atom stereocenters. The van der Waals surface area contributed by atoms with Crippen molar-refractivity contribution in [3.05, 3.63) is 56.5 Å². The van der Waals surface area contributed by atoms with Crippen LogP contribution in [0.3, 0.4) is 0 Å². The zero-order valence-electron chi connectivity index (χ0n) is 20.4. The predicted octanol–water partition coefficient (Wildman–Crippen LogP) is 4.11. The molecule has 1 unspecified atom stereocenters. The molecule has 0 aliphatic carbocycles. The lowest BCUT2D eigenvalue weighted by molar-refractivity contribution is 0.0133. The number of benzene rings is 1. The molecule has 34 heavy (non-hydrogen) atoms. The molecule has 0 saturated carbocycles. The van der Waals surface area contributed by atoms with Crippen molar-refractivity contribution in [2.75, 3.05) is 18.5 Å². The summed E-state index contributed by atoms with van der Waals surface area (Å²) in [6, 6.07) is 3.34. The molecule has 3 aromatic rings. The number of carbonyl (C=O) groups is 1. The zero-order chi connectivity index (χ0) is 24.9. The highest BCUT2D eigenvalue weighted by Crippen LogP contribution is 2.48. The molecule has 7 nitrogen and oxygen atoms in total. The molecule has 4 rings (SSSR count). The number of aryl methyl sites for hydroxylation is 3. The fourth-order valence-corrected chi connectivity index (χ4v) is 5.92. The number of thiophene rings is 1. The van der Waals surface area contributed by atoms with Gasteiger partial charge in [0.05, 0.1) is 17.9 Å². The maximum Gasteiger partial charge on any atom is 0.260 e. The van der Waals surface area contributed by atoms with E-state index in [1.54, 1.807) is 19.2 Å². The fourth-order valence-electron chi connectivity index (χ4n) is 4.58. The van der Waals surface area contributed by atoms with Crippen LogP contribution in [0.5, 0.6) is 0 Å². The van der Waals surface area contributed by atoms with Crippen LogP contribution in [0.15, 0.2) is 12.1 Å². The largest absolute Gasteiger partial charge is 0.392 e. The molecule has 3 heterocycles. The Morgan fingerprint density at radius 1 is 1.24 bits per heavy atom. The topological polar surface area (TPSA) is 92.7 Å². The Balaban J connectivity index is 2.03. The van der Waals surface area contributed by atoms with Gasteiger partial charge in [-0.1, -0.05) is 19.9 Å². The van der Waals surface area contributed by atoms with Gasteiger partial charge in [-0.05, 0) is 38.3 Å². The fraction of sp³-hybridized carbons (Fsp3) is 0.440. The second kappa shape index (κ2) is 9.13. The van der Waals surface area contributed by atoms with Gasteiger partial charge in [0.2, 0.25) is 6.35 Å². The molecule has 1 aliphatic heterocycles. The van der Waals surface area contributed by atoms with E-state index >= 15 is 4.39 Å². The van der Waals surface area contributed by atoms with Gasteiger partial charge in [-0.2, -0.15) is 5.10 Å². The van der Waals surface area contributed by atoms with Crippen LogP contribution in [0.1, 0.15) is 57.2 Å². The third-order valence-electron chi connectivity index (χ3n) is 6.29. The standard InChI is InChI=1S/C25H31FN4O3S/c1-12(2)10-30-24-21(23(32)29(6)25(30)33)20(18-8-13(3)7-16(11-31)22(18)26)19(34-24)9-17-14(4)27-28-15(17)5/h7-8,12,25,31,33H,9-11H2,1-6H3,(H,27,28). The number of aromatic amines is 1. The number of amides is 1. The molecule has 0 saturated heterocycles. The first-order chi connectivity index (χ1) is 16.0. The third kappa shape index (κ3) is 4.01. The number of halogens is 1. The minimum absolute atomic E-state index is 0.187. The highest BCUT2D eigenvalue weighted by molar-refractivity contribution is 7.17. The molecular weight excluding hydrogens is 455 g/mol. The van der Waals surface area contributed by atoms with E-state index in [4.69, 9.17) is 0 Å². The van der Waals surface area contributed by atoms with E-state index in [9.17, 15) is 15.0 Å². The first-order valence-electron chi connectivity index (χ1n) is 11.3. The van der Waals surface area contributed by atoms with Gasteiger partial charge in [0, 0.05) is 52.8 Å². The van der Waals surface area contributed by atoms with Gasteiger partial charge in [-0.3, -0.25) is 14.8 Å². The quantitative estimate of drug-likeness (QED) is 0.488. The Bertz CT molecular complexity index is 1230. The molecule has 1 aromatic carbocycles. The number of carbonyl (C=O) groups excluding carboxylic acids is 1. The number of hydrogen-bond donors (Lipinski definition) is 3. The molecule has 9 heteroatoms. The number of hydrogen-bond acceptors (Lipinski definition) is 6. The van der Waals surface area contributed by atoms with Crippen LogP contribution < -0.4 is 4.90 Å². The lowest BCUT2D eigenvalue weighted by Crippen LogP contribution is -2.54. The Morgan fingerprint density at radius 3 is 2.53 bits per heavy atom. The van der Waals surface area contributed by atoms with E-state index in [2.05, 4.69) is 10.2 Å². The van der Waals surface area contributed by atoms with Crippen molar-refractivity contribution in [2.45, 2.75) is 54.0 Å². The van der Waals surface area contributed by atoms with Gasteiger partial charge in [0.15, 0.2) is 0 Å². The van der Waals surface area contributed by atoms with Gasteiger partial charge in [-0.15, -0.1) is 11.3 Å². The summed E-state index contributed by atoms with van der Waals surface area (Å²) in [6.07, 6.45) is -0.638. The number of rotatable bonds is 6.